The van der Waals surface area contributed by atoms with Gasteiger partial charge in [0.1, 0.15) is 11.6 Å². The molecule has 174 valence electrons. The molecule has 0 radical (unpaired) electrons. The van der Waals surface area contributed by atoms with Crippen molar-refractivity contribution in [1.29, 1.82) is 0 Å². The Bertz CT molecular complexity index is 921. The highest BCUT2D eigenvalue weighted by Crippen LogP contribution is 2.37. The van der Waals surface area contributed by atoms with E-state index in [1.165, 1.54) is 4.90 Å². The minimum absolute atomic E-state index is 0.0188. The Morgan fingerprint density at radius 1 is 1.19 bits per heavy atom. The Labute approximate surface area is 189 Å². The molecule has 8 nitrogen and oxygen atoms in total. The minimum Gasteiger partial charge on any atom is -0.460 e. The van der Waals surface area contributed by atoms with Crippen LogP contribution in [-0.2, 0) is 30.2 Å². The van der Waals surface area contributed by atoms with Crippen LogP contribution in [0.15, 0.2) is 18.2 Å². The molecular weight excluding hydrogens is 411 g/mol. The maximum atomic E-state index is 13.2. The summed E-state index contributed by atoms with van der Waals surface area (Å²) in [6.45, 7) is 13.4. The van der Waals surface area contributed by atoms with E-state index in [0.717, 1.165) is 11.0 Å². The van der Waals surface area contributed by atoms with Crippen LogP contribution in [0.2, 0.25) is 0 Å². The molecule has 0 bridgehead atoms. The van der Waals surface area contributed by atoms with Crippen LogP contribution in [0.5, 0.6) is 0 Å². The summed E-state index contributed by atoms with van der Waals surface area (Å²) in [6, 6.07) is 4.45. The highest BCUT2D eigenvalue weighted by Gasteiger charge is 2.53. The fourth-order valence-corrected chi connectivity index (χ4v) is 3.92. The highest BCUT2D eigenvalue weighted by atomic mass is 16.7. The number of hydrogen-bond acceptors (Lipinski definition) is 6. The van der Waals surface area contributed by atoms with Crippen LogP contribution >= 0.6 is 0 Å². The predicted octanol–water partition coefficient (Wildman–Crippen LogP) is 1.92. The molecule has 1 atom stereocenters. The molecule has 2 aliphatic rings. The Morgan fingerprint density at radius 3 is 2.31 bits per heavy atom. The zero-order valence-electron chi connectivity index (χ0n) is 20.0. The SMILES string of the molecule is CC(C)(C)OC(=O)CCC(C(N)=O)N1Cc2c(B3OC(C)(C)C(C)(C)O3)cccc2C1=O. The van der Waals surface area contributed by atoms with Crippen LogP contribution in [-0.4, -0.2) is 52.6 Å². The standard InChI is InChI=1S/C23H33BN2O6/c1-21(2,3)30-18(27)12-11-17(19(25)28)26-13-15-14(20(26)29)9-8-10-16(15)24-31-22(4,5)23(6,7)32-24/h8-10,17H,11-13H2,1-7H3,(H2,25,28). The summed E-state index contributed by atoms with van der Waals surface area (Å²) >= 11 is 0. The first-order valence-corrected chi connectivity index (χ1v) is 10.9. The summed E-state index contributed by atoms with van der Waals surface area (Å²) in [7, 11) is -0.628. The summed E-state index contributed by atoms with van der Waals surface area (Å²) < 4.78 is 17.7. The van der Waals surface area contributed by atoms with Crippen molar-refractivity contribution in [3.63, 3.8) is 0 Å². The first-order chi connectivity index (χ1) is 14.6. The zero-order chi connectivity index (χ0) is 24.1. The van der Waals surface area contributed by atoms with E-state index in [4.69, 9.17) is 19.8 Å². The fraction of sp³-hybridized carbons (Fsp3) is 0.609. The molecule has 32 heavy (non-hydrogen) atoms. The molecule has 1 unspecified atom stereocenters. The Morgan fingerprint density at radius 2 is 1.78 bits per heavy atom. The van der Waals surface area contributed by atoms with Crippen molar-refractivity contribution in [1.82, 2.24) is 4.90 Å². The second-order valence-corrected chi connectivity index (χ2v) is 10.4. The minimum atomic E-state index is -0.923. The lowest BCUT2D eigenvalue weighted by Gasteiger charge is -2.32. The summed E-state index contributed by atoms with van der Waals surface area (Å²) in [6.07, 6.45) is 0.0743. The van der Waals surface area contributed by atoms with E-state index in [9.17, 15) is 14.4 Å². The fourth-order valence-electron chi connectivity index (χ4n) is 3.92. The number of ether oxygens (including phenoxy) is 1. The van der Waals surface area contributed by atoms with Crippen molar-refractivity contribution in [2.45, 2.75) is 90.7 Å². The Balaban J connectivity index is 1.81. The van der Waals surface area contributed by atoms with Crippen LogP contribution in [0.4, 0.5) is 0 Å². The third kappa shape index (κ3) is 4.69. The van der Waals surface area contributed by atoms with Gasteiger partial charge in [-0.3, -0.25) is 14.4 Å². The second-order valence-electron chi connectivity index (χ2n) is 10.4. The summed E-state index contributed by atoms with van der Waals surface area (Å²) in [5.74, 6) is -1.40. The monoisotopic (exact) mass is 444 g/mol. The molecule has 0 spiro atoms. The quantitative estimate of drug-likeness (QED) is 0.531. The maximum Gasteiger partial charge on any atom is 0.495 e. The highest BCUT2D eigenvalue weighted by molar-refractivity contribution is 6.63. The molecule has 2 N–H and O–H groups in total. The average Bonchev–Trinajstić information content (AvgIpc) is 3.06. The molecule has 1 aromatic rings. The lowest BCUT2D eigenvalue weighted by molar-refractivity contribution is -0.155. The van der Waals surface area contributed by atoms with Gasteiger partial charge in [0.15, 0.2) is 0 Å². The van der Waals surface area contributed by atoms with Gasteiger partial charge in [-0.15, -0.1) is 0 Å². The molecule has 1 saturated heterocycles. The lowest BCUT2D eigenvalue weighted by atomic mass is 9.75. The first kappa shape index (κ1) is 24.3. The number of rotatable bonds is 6. The molecule has 9 heteroatoms. The van der Waals surface area contributed by atoms with E-state index in [1.807, 2.05) is 33.8 Å². The van der Waals surface area contributed by atoms with Gasteiger partial charge in [-0.25, -0.2) is 0 Å². The van der Waals surface area contributed by atoms with E-state index in [-0.39, 0.29) is 25.3 Å². The number of nitrogens with zero attached hydrogens (tertiary/aromatic N) is 1. The average molecular weight is 444 g/mol. The van der Waals surface area contributed by atoms with Gasteiger partial charge >= 0.3 is 13.1 Å². The number of esters is 1. The molecule has 1 aromatic carbocycles. The molecular formula is C23H33BN2O6. The van der Waals surface area contributed by atoms with Crippen LogP contribution in [0.1, 0.15) is 77.2 Å². The molecule has 1 fully saturated rings. The first-order valence-electron chi connectivity index (χ1n) is 10.9. The number of carbonyl (C=O) groups excluding carboxylic acids is 3. The number of carbonyl (C=O) groups is 3. The normalized spacial score (nSPS) is 20.3. The van der Waals surface area contributed by atoms with Gasteiger partial charge in [0.25, 0.3) is 5.91 Å². The van der Waals surface area contributed by atoms with Crippen LogP contribution in [0.25, 0.3) is 0 Å². The van der Waals surface area contributed by atoms with Crippen molar-refractivity contribution in [2.24, 2.45) is 5.73 Å². The second kappa shape index (κ2) is 8.19. The molecule has 0 aromatic heterocycles. The molecule has 2 amide bonds. The van der Waals surface area contributed by atoms with Gasteiger partial charge in [0.2, 0.25) is 5.91 Å². The number of hydrogen-bond donors (Lipinski definition) is 1. The summed E-state index contributed by atoms with van der Waals surface area (Å²) in [4.78, 5) is 38.9. The predicted molar refractivity (Wildman–Crippen MR) is 120 cm³/mol. The van der Waals surface area contributed by atoms with Crippen molar-refractivity contribution in [3.8, 4) is 0 Å². The third-order valence-corrected chi connectivity index (χ3v) is 6.29. The van der Waals surface area contributed by atoms with Gasteiger partial charge in [0.05, 0.1) is 11.2 Å². The van der Waals surface area contributed by atoms with Crippen molar-refractivity contribution in [3.05, 3.63) is 29.3 Å². The third-order valence-electron chi connectivity index (χ3n) is 6.29. The van der Waals surface area contributed by atoms with Crippen LogP contribution in [0.3, 0.4) is 0 Å². The Hall–Kier alpha value is -2.39. The van der Waals surface area contributed by atoms with Crippen LogP contribution in [0, 0.1) is 0 Å². The topological polar surface area (TPSA) is 108 Å². The lowest BCUT2D eigenvalue weighted by Crippen LogP contribution is -2.45. The maximum absolute atomic E-state index is 13.2. The molecule has 3 rings (SSSR count). The van der Waals surface area contributed by atoms with E-state index in [1.54, 1.807) is 32.9 Å². The number of fused-ring (bicyclic) bond motifs is 1. The van der Waals surface area contributed by atoms with E-state index in [2.05, 4.69) is 0 Å². The van der Waals surface area contributed by atoms with Gasteiger partial charge in [-0.2, -0.15) is 0 Å². The smallest absolute Gasteiger partial charge is 0.460 e. The van der Waals surface area contributed by atoms with E-state index < -0.39 is 41.8 Å². The van der Waals surface area contributed by atoms with Crippen LogP contribution < -0.4 is 11.2 Å². The molecule has 0 saturated carbocycles. The molecule has 2 heterocycles. The van der Waals surface area contributed by atoms with Gasteiger partial charge < -0.3 is 24.7 Å². The summed E-state index contributed by atoms with van der Waals surface area (Å²) in [5.41, 5.74) is 5.95. The largest absolute Gasteiger partial charge is 0.495 e. The van der Waals surface area contributed by atoms with Gasteiger partial charge in [-0.05, 0) is 72.0 Å². The number of benzene rings is 1. The molecule has 0 aliphatic carbocycles. The molecule has 2 aliphatic heterocycles. The number of amides is 2. The van der Waals surface area contributed by atoms with E-state index in [0.29, 0.717) is 5.56 Å². The van der Waals surface area contributed by atoms with E-state index >= 15 is 0 Å². The van der Waals surface area contributed by atoms with Crippen molar-refractivity contribution < 1.29 is 28.4 Å². The summed E-state index contributed by atoms with van der Waals surface area (Å²) in [5, 5.41) is 0. The zero-order valence-corrected chi connectivity index (χ0v) is 20.0. The number of primary amides is 1. The van der Waals surface area contributed by atoms with Gasteiger partial charge in [0, 0.05) is 18.5 Å². The number of nitrogens with two attached hydrogens (primary N) is 1. The van der Waals surface area contributed by atoms with Crippen molar-refractivity contribution in [2.75, 3.05) is 0 Å². The Kier molecular flexibility index (Phi) is 6.21. The van der Waals surface area contributed by atoms with Crippen molar-refractivity contribution >= 4 is 30.4 Å². The van der Waals surface area contributed by atoms with Gasteiger partial charge in [-0.1, -0.05) is 12.1 Å².